The molecule has 0 aliphatic rings. The highest BCUT2D eigenvalue weighted by molar-refractivity contribution is 14.0. The Kier molecular flexibility index (Phi) is 12.8. The van der Waals surface area contributed by atoms with Gasteiger partial charge in [-0.2, -0.15) is 0 Å². The lowest BCUT2D eigenvalue weighted by Gasteiger charge is -2.11. The van der Waals surface area contributed by atoms with Gasteiger partial charge in [0.1, 0.15) is 5.15 Å². The molecule has 2 N–H and O–H groups in total. The minimum atomic E-state index is 0. The van der Waals surface area contributed by atoms with Gasteiger partial charge in [-0.3, -0.25) is 0 Å². The van der Waals surface area contributed by atoms with Crippen molar-refractivity contribution in [2.45, 2.75) is 46.1 Å². The highest BCUT2D eigenvalue weighted by Gasteiger charge is 1.98. The number of hydrogen-bond donors (Lipinski definition) is 2. The van der Waals surface area contributed by atoms with Gasteiger partial charge in [-0.15, -0.1) is 24.0 Å². The van der Waals surface area contributed by atoms with Crippen molar-refractivity contribution in [1.82, 2.24) is 15.6 Å². The topological polar surface area (TPSA) is 49.3 Å². The molecular weight excluding hydrogens is 399 g/mol. The molecule has 0 bridgehead atoms. The summed E-state index contributed by atoms with van der Waals surface area (Å²) in [7, 11) is 0. The van der Waals surface area contributed by atoms with Crippen molar-refractivity contribution in [1.29, 1.82) is 0 Å². The van der Waals surface area contributed by atoms with Gasteiger partial charge in [0.2, 0.25) is 0 Å². The molecule has 0 saturated carbocycles. The van der Waals surface area contributed by atoms with Crippen LogP contribution in [0.5, 0.6) is 0 Å². The van der Waals surface area contributed by atoms with Crippen LogP contribution >= 0.6 is 35.6 Å². The van der Waals surface area contributed by atoms with Gasteiger partial charge in [0, 0.05) is 19.3 Å². The van der Waals surface area contributed by atoms with Gasteiger partial charge < -0.3 is 10.6 Å². The molecule has 21 heavy (non-hydrogen) atoms. The number of pyridine rings is 1. The summed E-state index contributed by atoms with van der Waals surface area (Å²) in [6.45, 7) is 6.72. The predicted molar refractivity (Wildman–Crippen MR) is 102 cm³/mol. The van der Waals surface area contributed by atoms with Crippen molar-refractivity contribution in [3.8, 4) is 0 Å². The first kappa shape index (κ1) is 20.4. The zero-order valence-electron chi connectivity index (χ0n) is 12.9. The quantitative estimate of drug-likeness (QED) is 0.218. The Hall–Kier alpha value is -0.560. The van der Waals surface area contributed by atoms with Crippen molar-refractivity contribution in [2.75, 3.05) is 13.1 Å². The fourth-order valence-corrected chi connectivity index (χ4v) is 1.88. The first-order valence-electron chi connectivity index (χ1n) is 7.38. The Morgan fingerprint density at radius 3 is 2.62 bits per heavy atom. The van der Waals surface area contributed by atoms with E-state index in [-0.39, 0.29) is 24.0 Å². The van der Waals surface area contributed by atoms with Crippen LogP contribution in [-0.4, -0.2) is 24.0 Å². The van der Waals surface area contributed by atoms with Crippen LogP contribution in [0.3, 0.4) is 0 Å². The number of halogens is 2. The van der Waals surface area contributed by atoms with Crippen LogP contribution in [0.15, 0.2) is 23.3 Å². The zero-order valence-corrected chi connectivity index (χ0v) is 15.9. The molecule has 1 heterocycles. The first-order chi connectivity index (χ1) is 9.76. The molecule has 0 fully saturated rings. The number of unbranched alkanes of at least 4 members (excludes halogenated alkanes) is 3. The van der Waals surface area contributed by atoms with Crippen LogP contribution in [0.2, 0.25) is 5.15 Å². The molecule has 0 unspecified atom stereocenters. The smallest absolute Gasteiger partial charge is 0.191 e. The summed E-state index contributed by atoms with van der Waals surface area (Å²) in [6, 6.07) is 3.74. The minimum Gasteiger partial charge on any atom is -0.357 e. The Bertz CT molecular complexity index is 395. The lowest BCUT2D eigenvalue weighted by atomic mass is 10.2. The van der Waals surface area contributed by atoms with Gasteiger partial charge in [-0.1, -0.05) is 43.9 Å². The molecule has 0 radical (unpaired) electrons. The maximum absolute atomic E-state index is 5.76. The molecule has 0 saturated heterocycles. The van der Waals surface area contributed by atoms with E-state index in [0.29, 0.717) is 11.7 Å². The average molecular weight is 425 g/mol. The van der Waals surface area contributed by atoms with E-state index in [1.54, 1.807) is 12.3 Å². The number of nitrogens with one attached hydrogen (secondary N) is 2. The van der Waals surface area contributed by atoms with E-state index in [2.05, 4.69) is 34.5 Å². The third-order valence-electron chi connectivity index (χ3n) is 2.88. The van der Waals surface area contributed by atoms with Gasteiger partial charge in [0.15, 0.2) is 5.96 Å². The molecule has 0 aromatic carbocycles. The molecule has 4 nitrogen and oxygen atoms in total. The Labute approximate surface area is 150 Å². The number of guanidine groups is 1. The molecule has 0 atom stereocenters. The van der Waals surface area contributed by atoms with E-state index in [9.17, 15) is 0 Å². The summed E-state index contributed by atoms with van der Waals surface area (Å²) >= 11 is 5.76. The van der Waals surface area contributed by atoms with E-state index in [1.165, 1.54) is 25.7 Å². The van der Waals surface area contributed by atoms with E-state index in [1.807, 2.05) is 6.07 Å². The normalized spacial score (nSPS) is 10.9. The second-order valence-electron chi connectivity index (χ2n) is 4.67. The fraction of sp³-hybridized carbons (Fsp3) is 0.600. The monoisotopic (exact) mass is 424 g/mol. The van der Waals surface area contributed by atoms with Crippen molar-refractivity contribution < 1.29 is 0 Å². The van der Waals surface area contributed by atoms with Crippen LogP contribution in [0.25, 0.3) is 0 Å². The van der Waals surface area contributed by atoms with Gasteiger partial charge in [-0.05, 0) is 25.0 Å². The SMILES string of the molecule is CCCCCCNC(=NCc1ccc(Cl)nc1)NCC.I. The molecule has 0 aliphatic carbocycles. The Morgan fingerprint density at radius 2 is 2.00 bits per heavy atom. The number of aromatic nitrogens is 1. The van der Waals surface area contributed by atoms with Gasteiger partial charge in [-0.25, -0.2) is 9.98 Å². The highest BCUT2D eigenvalue weighted by Crippen LogP contribution is 2.06. The van der Waals surface area contributed by atoms with Gasteiger partial charge >= 0.3 is 0 Å². The maximum atomic E-state index is 5.76. The van der Waals surface area contributed by atoms with Crippen molar-refractivity contribution >= 4 is 41.5 Å². The highest BCUT2D eigenvalue weighted by atomic mass is 127. The Morgan fingerprint density at radius 1 is 1.19 bits per heavy atom. The number of rotatable bonds is 8. The van der Waals surface area contributed by atoms with E-state index in [4.69, 9.17) is 11.6 Å². The van der Waals surface area contributed by atoms with Crippen molar-refractivity contribution in [3.05, 3.63) is 29.0 Å². The molecule has 0 aliphatic heterocycles. The lowest BCUT2D eigenvalue weighted by Crippen LogP contribution is -2.37. The van der Waals surface area contributed by atoms with Crippen LogP contribution in [0.1, 0.15) is 45.1 Å². The van der Waals surface area contributed by atoms with Crippen molar-refractivity contribution in [3.63, 3.8) is 0 Å². The standard InChI is InChI=1S/C15H25ClN4.HI/c1-3-5-6-7-10-18-15(17-4-2)20-12-13-8-9-14(16)19-11-13;/h8-9,11H,3-7,10,12H2,1-2H3,(H2,17,18,20);1H. The fourth-order valence-electron chi connectivity index (χ4n) is 1.77. The van der Waals surface area contributed by atoms with Crippen LogP contribution in [0, 0.1) is 0 Å². The summed E-state index contributed by atoms with van der Waals surface area (Å²) in [5.41, 5.74) is 1.05. The van der Waals surface area contributed by atoms with E-state index in [0.717, 1.165) is 24.6 Å². The van der Waals surface area contributed by atoms with Gasteiger partial charge in [0.05, 0.1) is 6.54 Å². The van der Waals surface area contributed by atoms with Gasteiger partial charge in [0.25, 0.3) is 0 Å². The maximum Gasteiger partial charge on any atom is 0.191 e. The van der Waals surface area contributed by atoms with E-state index < -0.39 is 0 Å². The summed E-state index contributed by atoms with van der Waals surface area (Å²) in [6.07, 6.45) is 6.77. The second kappa shape index (κ2) is 13.1. The summed E-state index contributed by atoms with van der Waals surface area (Å²) in [5, 5.41) is 7.11. The molecule has 1 aromatic heterocycles. The number of nitrogens with zero attached hydrogens (tertiary/aromatic N) is 2. The molecule has 1 aromatic rings. The third-order valence-corrected chi connectivity index (χ3v) is 3.10. The minimum absolute atomic E-state index is 0. The largest absolute Gasteiger partial charge is 0.357 e. The first-order valence-corrected chi connectivity index (χ1v) is 7.76. The zero-order chi connectivity index (χ0) is 14.6. The lowest BCUT2D eigenvalue weighted by molar-refractivity contribution is 0.647. The molecule has 0 amide bonds. The molecule has 6 heteroatoms. The number of hydrogen-bond acceptors (Lipinski definition) is 2. The number of aliphatic imine (C=N–C) groups is 1. The van der Waals surface area contributed by atoms with Crippen LogP contribution in [-0.2, 0) is 6.54 Å². The second-order valence-corrected chi connectivity index (χ2v) is 5.06. The molecule has 120 valence electrons. The molecule has 1 rings (SSSR count). The predicted octanol–water partition coefficient (Wildman–Crippen LogP) is 3.99. The Balaban J connectivity index is 0.00000400. The summed E-state index contributed by atoms with van der Waals surface area (Å²) in [5.74, 6) is 0.860. The summed E-state index contributed by atoms with van der Waals surface area (Å²) < 4.78 is 0. The van der Waals surface area contributed by atoms with E-state index >= 15 is 0 Å². The third kappa shape index (κ3) is 9.90. The van der Waals surface area contributed by atoms with Crippen molar-refractivity contribution in [2.24, 2.45) is 4.99 Å². The average Bonchev–Trinajstić information content (AvgIpc) is 2.46. The molecule has 0 spiro atoms. The van der Waals surface area contributed by atoms with Crippen LogP contribution in [0.4, 0.5) is 0 Å². The van der Waals surface area contributed by atoms with Crippen LogP contribution < -0.4 is 10.6 Å². The molecular formula is C15H26ClIN4. The summed E-state index contributed by atoms with van der Waals surface area (Å²) in [4.78, 5) is 8.60.